The molecule has 4 rings (SSSR count). The van der Waals surface area contributed by atoms with E-state index in [-0.39, 0.29) is 23.0 Å². The van der Waals surface area contributed by atoms with Gasteiger partial charge in [-0.3, -0.25) is 0 Å². The van der Waals surface area contributed by atoms with Crippen LogP contribution in [-0.4, -0.2) is 89.4 Å². The van der Waals surface area contributed by atoms with E-state index in [0.717, 1.165) is 19.3 Å². The van der Waals surface area contributed by atoms with Crippen LogP contribution in [-0.2, 0) is 38.1 Å². The van der Waals surface area contributed by atoms with Crippen LogP contribution in [0, 0.1) is 0 Å². The van der Waals surface area contributed by atoms with Crippen molar-refractivity contribution in [3.05, 3.63) is 59.7 Å². The average molecular weight is 573 g/mol. The van der Waals surface area contributed by atoms with Crippen molar-refractivity contribution in [3.63, 3.8) is 0 Å². The summed E-state index contributed by atoms with van der Waals surface area (Å²) in [5, 5.41) is 39.5. The first kappa shape index (κ1) is 29.4. The van der Waals surface area contributed by atoms with E-state index in [4.69, 9.17) is 28.4 Å². The zero-order valence-corrected chi connectivity index (χ0v) is 22.0. The number of hydrogen-bond acceptors (Lipinski definition) is 13. The molecule has 13 heteroatoms. The zero-order chi connectivity index (χ0) is 29.7. The largest absolute Gasteiger partial charge is 0.504 e. The van der Waals surface area contributed by atoms with Crippen molar-refractivity contribution >= 4 is 30.1 Å². The number of benzene rings is 2. The third-order valence-corrected chi connectivity index (χ3v) is 6.40. The van der Waals surface area contributed by atoms with Crippen LogP contribution in [0.4, 0.5) is 0 Å². The number of methoxy groups -OCH3 is 2. The molecule has 218 valence electrons. The molecule has 2 aromatic rings. The minimum Gasteiger partial charge on any atom is -0.504 e. The molecule has 0 aromatic heterocycles. The number of ether oxygens (including phenoxy) is 6. The smallest absolute Gasteiger partial charge is 0.366 e. The molecule has 41 heavy (non-hydrogen) atoms. The minimum absolute atomic E-state index is 0.0741. The van der Waals surface area contributed by atoms with Crippen molar-refractivity contribution in [2.24, 2.45) is 0 Å². The summed E-state index contributed by atoms with van der Waals surface area (Å²) in [5.74, 6) is -5.12. The number of aromatic hydroxyl groups is 3. The van der Waals surface area contributed by atoms with Crippen LogP contribution in [0.1, 0.15) is 17.5 Å². The van der Waals surface area contributed by atoms with Gasteiger partial charge in [0.1, 0.15) is 31.0 Å². The normalized spacial score (nSPS) is 25.2. The molecule has 0 aliphatic carbocycles. The second kappa shape index (κ2) is 12.3. The van der Waals surface area contributed by atoms with Crippen molar-refractivity contribution < 1.29 is 63.2 Å². The molecule has 2 bridgehead atoms. The third-order valence-electron chi connectivity index (χ3n) is 6.40. The Morgan fingerprint density at radius 2 is 1.59 bits per heavy atom. The molecule has 0 unspecified atom stereocenters. The molecule has 2 saturated heterocycles. The Kier molecular flexibility index (Phi) is 8.81. The van der Waals surface area contributed by atoms with Gasteiger partial charge < -0.3 is 48.8 Å². The van der Waals surface area contributed by atoms with Gasteiger partial charge in [0, 0.05) is 12.2 Å². The van der Waals surface area contributed by atoms with E-state index in [2.05, 4.69) is 0 Å². The first-order chi connectivity index (χ1) is 19.5. The Morgan fingerprint density at radius 3 is 2.24 bits per heavy atom. The highest BCUT2D eigenvalue weighted by Gasteiger charge is 2.63. The van der Waals surface area contributed by atoms with Crippen LogP contribution in [0.25, 0.3) is 12.2 Å². The highest BCUT2D eigenvalue weighted by atomic mass is 16.8. The lowest BCUT2D eigenvalue weighted by Gasteiger charge is -2.36. The van der Waals surface area contributed by atoms with Crippen molar-refractivity contribution in [1.82, 2.24) is 0 Å². The molecule has 0 amide bonds. The van der Waals surface area contributed by atoms with E-state index in [0.29, 0.717) is 11.1 Å². The zero-order valence-electron chi connectivity index (χ0n) is 22.0. The van der Waals surface area contributed by atoms with E-state index in [1.54, 1.807) is 6.07 Å². The fourth-order valence-corrected chi connectivity index (χ4v) is 4.36. The van der Waals surface area contributed by atoms with E-state index < -0.39 is 61.1 Å². The highest BCUT2D eigenvalue weighted by molar-refractivity contribution is 5.88. The third kappa shape index (κ3) is 6.60. The Bertz CT molecular complexity index is 1370. The molecular formula is C28H28O13. The number of hydrogen-bond donors (Lipinski definition) is 4. The molecule has 0 radical (unpaired) electrons. The molecule has 4 N–H and O–H groups in total. The molecule has 0 saturated carbocycles. The van der Waals surface area contributed by atoms with Gasteiger partial charge in [-0.25, -0.2) is 14.4 Å². The van der Waals surface area contributed by atoms with Gasteiger partial charge in [0.15, 0.2) is 23.0 Å². The summed E-state index contributed by atoms with van der Waals surface area (Å²) in [6, 6.07) is 8.39. The van der Waals surface area contributed by atoms with E-state index in [1.807, 2.05) is 0 Å². The topological polar surface area (TPSA) is 188 Å². The first-order valence-corrected chi connectivity index (χ1v) is 12.3. The second-order valence-electron chi connectivity index (χ2n) is 9.13. The van der Waals surface area contributed by atoms with Crippen molar-refractivity contribution in [2.75, 3.05) is 20.8 Å². The Morgan fingerprint density at radius 1 is 0.927 bits per heavy atom. The monoisotopic (exact) mass is 572 g/mol. The molecule has 2 aliphatic rings. The average Bonchev–Trinajstić information content (AvgIpc) is 3.29. The minimum atomic E-state index is -2.01. The molecule has 13 nitrogen and oxygen atoms in total. The number of aliphatic hydroxyl groups excluding tert-OH is 1. The molecular weight excluding hydrogens is 544 g/mol. The standard InChI is InChI=1S/C28H28O13/c1-36-20-12-16(4-8-18(20)30)6-10-24(33)39-21-13-28(27(35)37-2)40-22(26(41-28)25(21)34)14-38-23(32)9-5-15-3-7-17(29)19(31)11-15/h3-12,21-22,25-26,29-31,34H,13-14H2,1-2H3/b9-5-,10-6+/t21-,22-,25-,26-,28+/m1/s1. The van der Waals surface area contributed by atoms with Crippen molar-refractivity contribution in [3.8, 4) is 23.0 Å². The van der Waals surface area contributed by atoms with Crippen molar-refractivity contribution in [1.29, 1.82) is 0 Å². The van der Waals surface area contributed by atoms with E-state index in [9.17, 15) is 34.8 Å². The second-order valence-corrected chi connectivity index (χ2v) is 9.13. The van der Waals surface area contributed by atoms with Gasteiger partial charge in [-0.05, 0) is 47.5 Å². The van der Waals surface area contributed by atoms with Gasteiger partial charge in [-0.2, -0.15) is 0 Å². The van der Waals surface area contributed by atoms with Gasteiger partial charge in [-0.15, -0.1) is 0 Å². The van der Waals surface area contributed by atoms with Crippen LogP contribution in [0.5, 0.6) is 23.0 Å². The van der Waals surface area contributed by atoms with Gasteiger partial charge >= 0.3 is 17.9 Å². The molecule has 2 heterocycles. The predicted molar refractivity (Wildman–Crippen MR) is 138 cm³/mol. The SMILES string of the molecule is COC(=O)[C@]12C[C@@H](OC(=O)/C=C/c3ccc(O)c(OC)c3)[C@@H](O)[C@H](O1)[C@@H](COC(=O)/C=C\c1ccc(O)c(O)c1)O2. The maximum absolute atomic E-state index is 12.6. The first-order valence-electron chi connectivity index (χ1n) is 12.3. The maximum atomic E-state index is 12.6. The molecule has 2 aliphatic heterocycles. The summed E-state index contributed by atoms with van der Waals surface area (Å²) >= 11 is 0. The van der Waals surface area contributed by atoms with Crippen LogP contribution < -0.4 is 4.74 Å². The summed E-state index contributed by atoms with van der Waals surface area (Å²) in [6.45, 7) is -0.423. The Labute approximate surface area is 233 Å². The lowest BCUT2D eigenvalue weighted by Crippen LogP contribution is -2.55. The number of rotatable bonds is 9. The van der Waals surface area contributed by atoms with Gasteiger partial charge in [0.05, 0.1) is 20.6 Å². The number of phenols is 3. The Balaban J connectivity index is 1.41. The molecule has 2 aromatic carbocycles. The Hall–Kier alpha value is -4.59. The lowest BCUT2D eigenvalue weighted by molar-refractivity contribution is -0.249. The highest BCUT2D eigenvalue weighted by Crippen LogP contribution is 2.42. The van der Waals surface area contributed by atoms with Crippen LogP contribution in [0.15, 0.2) is 48.6 Å². The number of carbonyl (C=O) groups excluding carboxylic acids is 3. The van der Waals surface area contributed by atoms with Crippen molar-refractivity contribution in [2.45, 2.75) is 36.6 Å². The summed E-state index contributed by atoms with van der Waals surface area (Å²) in [7, 11) is 2.49. The fraction of sp³-hybridized carbons (Fsp3) is 0.321. The van der Waals surface area contributed by atoms with E-state index >= 15 is 0 Å². The molecule has 5 atom stereocenters. The van der Waals surface area contributed by atoms with Gasteiger partial charge in [-0.1, -0.05) is 12.1 Å². The molecule has 2 fully saturated rings. The summed E-state index contributed by atoms with van der Waals surface area (Å²) in [4.78, 5) is 37.4. The lowest BCUT2D eigenvalue weighted by atomic mass is 9.95. The number of carbonyl (C=O) groups is 3. The van der Waals surface area contributed by atoms with Gasteiger partial charge in [0.25, 0.3) is 5.79 Å². The van der Waals surface area contributed by atoms with Gasteiger partial charge in [0.2, 0.25) is 0 Å². The van der Waals surface area contributed by atoms with Crippen LogP contribution in [0.3, 0.4) is 0 Å². The summed E-state index contributed by atoms with van der Waals surface area (Å²) in [5.41, 5.74) is 0.939. The fourth-order valence-electron chi connectivity index (χ4n) is 4.36. The number of esters is 3. The molecule has 0 spiro atoms. The van der Waals surface area contributed by atoms with Crippen LogP contribution >= 0.6 is 0 Å². The summed E-state index contributed by atoms with van der Waals surface area (Å²) < 4.78 is 31.9. The number of fused-ring (bicyclic) bond motifs is 2. The summed E-state index contributed by atoms with van der Waals surface area (Å²) in [6.07, 6.45) is -0.469. The maximum Gasteiger partial charge on any atom is 0.366 e. The quantitative estimate of drug-likeness (QED) is 0.146. The predicted octanol–water partition coefficient (Wildman–Crippen LogP) is 1.41. The van der Waals surface area contributed by atoms with Crippen LogP contribution in [0.2, 0.25) is 0 Å². The number of phenolic OH excluding ortho intramolecular Hbond substituents is 3. The number of aliphatic hydroxyl groups is 1. The van der Waals surface area contributed by atoms with E-state index in [1.165, 1.54) is 49.6 Å².